The van der Waals surface area contributed by atoms with Crippen molar-refractivity contribution in [3.8, 4) is 0 Å². The van der Waals surface area contributed by atoms with Crippen molar-refractivity contribution in [1.82, 2.24) is 20.4 Å². The van der Waals surface area contributed by atoms with Crippen LogP contribution in [-0.2, 0) is 17.8 Å². The highest BCUT2D eigenvalue weighted by Gasteiger charge is 2.26. The van der Waals surface area contributed by atoms with Crippen LogP contribution >= 0.6 is 0 Å². The maximum absolute atomic E-state index is 12.1. The summed E-state index contributed by atoms with van der Waals surface area (Å²) in [6.07, 6.45) is 4.45. The minimum Gasteiger partial charge on any atom is -0.379 e. The summed E-state index contributed by atoms with van der Waals surface area (Å²) in [5, 5.41) is 10.5. The van der Waals surface area contributed by atoms with Crippen LogP contribution < -0.4 is 10.6 Å². The SMILES string of the molecule is CCn1nc(C)c(CNC(=O)N[C@@H]2CCCC[C@H]2OC)c1C. The minimum absolute atomic E-state index is 0.110. The van der Waals surface area contributed by atoms with Gasteiger partial charge in [0.05, 0.1) is 17.8 Å². The van der Waals surface area contributed by atoms with E-state index in [1.165, 1.54) is 6.42 Å². The van der Waals surface area contributed by atoms with Crippen molar-refractivity contribution in [1.29, 1.82) is 0 Å². The van der Waals surface area contributed by atoms with Gasteiger partial charge in [-0.3, -0.25) is 4.68 Å². The Bertz CT molecular complexity index is 512. The zero-order valence-electron chi connectivity index (χ0n) is 14.1. The molecule has 1 aliphatic rings. The number of carbonyl (C=O) groups is 1. The lowest BCUT2D eigenvalue weighted by atomic mass is 9.92. The molecule has 0 aliphatic heterocycles. The van der Waals surface area contributed by atoms with Crippen LogP contribution in [0.25, 0.3) is 0 Å². The molecule has 2 amide bonds. The molecule has 1 saturated carbocycles. The van der Waals surface area contributed by atoms with Crippen LogP contribution in [0, 0.1) is 13.8 Å². The molecule has 0 saturated heterocycles. The van der Waals surface area contributed by atoms with Crippen molar-refractivity contribution in [3.05, 3.63) is 17.0 Å². The first kappa shape index (κ1) is 16.8. The molecule has 0 unspecified atom stereocenters. The molecule has 6 heteroatoms. The zero-order valence-corrected chi connectivity index (χ0v) is 14.1. The van der Waals surface area contributed by atoms with Gasteiger partial charge >= 0.3 is 6.03 Å². The van der Waals surface area contributed by atoms with Gasteiger partial charge in [0.1, 0.15) is 0 Å². The highest BCUT2D eigenvalue weighted by atomic mass is 16.5. The monoisotopic (exact) mass is 308 g/mol. The van der Waals surface area contributed by atoms with E-state index in [9.17, 15) is 4.79 Å². The second kappa shape index (κ2) is 7.63. The largest absolute Gasteiger partial charge is 0.379 e. The highest BCUT2D eigenvalue weighted by Crippen LogP contribution is 2.20. The number of aromatic nitrogens is 2. The van der Waals surface area contributed by atoms with Gasteiger partial charge < -0.3 is 15.4 Å². The minimum atomic E-state index is -0.128. The Morgan fingerprint density at radius 1 is 1.36 bits per heavy atom. The van der Waals surface area contributed by atoms with E-state index >= 15 is 0 Å². The van der Waals surface area contributed by atoms with Crippen LogP contribution in [0.2, 0.25) is 0 Å². The van der Waals surface area contributed by atoms with Gasteiger partial charge in [0, 0.05) is 31.5 Å². The smallest absolute Gasteiger partial charge is 0.315 e. The lowest BCUT2D eigenvalue weighted by Gasteiger charge is -2.31. The molecule has 0 spiro atoms. The molecule has 1 aliphatic carbocycles. The predicted molar refractivity (Wildman–Crippen MR) is 85.8 cm³/mol. The van der Waals surface area contributed by atoms with Crippen LogP contribution in [0.5, 0.6) is 0 Å². The average Bonchev–Trinajstić information content (AvgIpc) is 2.80. The molecule has 0 bridgehead atoms. The molecule has 1 heterocycles. The average molecular weight is 308 g/mol. The third-order valence-electron chi connectivity index (χ3n) is 4.58. The Morgan fingerprint density at radius 2 is 2.09 bits per heavy atom. The molecule has 2 atom stereocenters. The predicted octanol–water partition coefficient (Wildman–Crippen LogP) is 2.28. The van der Waals surface area contributed by atoms with Gasteiger partial charge in [-0.15, -0.1) is 0 Å². The molecule has 2 rings (SSSR count). The van der Waals surface area contributed by atoms with Gasteiger partial charge in [-0.05, 0) is 33.6 Å². The van der Waals surface area contributed by atoms with E-state index in [2.05, 4.69) is 22.7 Å². The lowest BCUT2D eigenvalue weighted by molar-refractivity contribution is 0.0452. The number of urea groups is 1. The molecule has 0 aromatic carbocycles. The van der Waals surface area contributed by atoms with E-state index in [4.69, 9.17) is 4.74 Å². The standard InChI is InChI=1S/C16H28N4O2/c1-5-20-12(3)13(11(2)19-20)10-17-16(21)18-14-8-6-7-9-15(14)22-4/h14-15H,5-10H2,1-4H3,(H2,17,18,21)/t14-,15-/m1/s1. The highest BCUT2D eigenvalue weighted by molar-refractivity contribution is 5.74. The maximum atomic E-state index is 12.1. The molecule has 6 nitrogen and oxygen atoms in total. The van der Waals surface area contributed by atoms with E-state index in [1.54, 1.807) is 7.11 Å². The van der Waals surface area contributed by atoms with E-state index in [0.29, 0.717) is 6.54 Å². The third-order valence-corrected chi connectivity index (χ3v) is 4.58. The van der Waals surface area contributed by atoms with Gasteiger partial charge in [0.25, 0.3) is 0 Å². The third kappa shape index (κ3) is 3.80. The first-order valence-electron chi connectivity index (χ1n) is 8.16. The number of hydrogen-bond donors (Lipinski definition) is 2. The normalized spacial score (nSPS) is 21.6. The van der Waals surface area contributed by atoms with Crippen LogP contribution in [0.4, 0.5) is 4.79 Å². The van der Waals surface area contributed by atoms with Crippen LogP contribution in [-0.4, -0.2) is 35.1 Å². The number of rotatable bonds is 5. The van der Waals surface area contributed by atoms with Gasteiger partial charge in [-0.25, -0.2) is 4.79 Å². The number of aryl methyl sites for hydroxylation is 2. The van der Waals surface area contributed by atoms with Crippen LogP contribution in [0.3, 0.4) is 0 Å². The number of ether oxygens (including phenoxy) is 1. The van der Waals surface area contributed by atoms with Gasteiger partial charge in [-0.2, -0.15) is 5.10 Å². The number of nitrogens with one attached hydrogen (secondary N) is 2. The summed E-state index contributed by atoms with van der Waals surface area (Å²) in [5.41, 5.74) is 3.20. The quantitative estimate of drug-likeness (QED) is 0.877. The summed E-state index contributed by atoms with van der Waals surface area (Å²) in [6.45, 7) is 7.44. The molecule has 124 valence electrons. The van der Waals surface area contributed by atoms with E-state index in [-0.39, 0.29) is 18.2 Å². The molecule has 22 heavy (non-hydrogen) atoms. The Morgan fingerprint density at radius 3 is 2.73 bits per heavy atom. The first-order chi connectivity index (χ1) is 10.6. The van der Waals surface area contributed by atoms with Crippen molar-refractivity contribution in [3.63, 3.8) is 0 Å². The summed E-state index contributed by atoms with van der Waals surface area (Å²) < 4.78 is 7.43. The molecule has 2 N–H and O–H groups in total. The first-order valence-corrected chi connectivity index (χ1v) is 8.16. The second-order valence-electron chi connectivity index (χ2n) is 5.96. The number of methoxy groups -OCH3 is 1. The summed E-state index contributed by atoms with van der Waals surface area (Å²) in [7, 11) is 1.72. The Hall–Kier alpha value is -1.56. The topological polar surface area (TPSA) is 68.2 Å². The van der Waals surface area contributed by atoms with E-state index < -0.39 is 0 Å². The summed E-state index contributed by atoms with van der Waals surface area (Å²) >= 11 is 0. The fourth-order valence-electron chi connectivity index (χ4n) is 3.23. The Labute approximate surface area is 132 Å². The Balaban J connectivity index is 1.89. The molecule has 1 fully saturated rings. The number of carbonyl (C=O) groups excluding carboxylic acids is 1. The van der Waals surface area contributed by atoms with E-state index in [0.717, 1.165) is 42.8 Å². The summed E-state index contributed by atoms with van der Waals surface area (Å²) in [4.78, 5) is 12.1. The van der Waals surface area contributed by atoms with Gasteiger partial charge in [0.2, 0.25) is 0 Å². The maximum Gasteiger partial charge on any atom is 0.315 e. The van der Waals surface area contributed by atoms with Crippen molar-refractivity contribution >= 4 is 6.03 Å². The van der Waals surface area contributed by atoms with Crippen LogP contribution in [0.1, 0.15) is 49.6 Å². The van der Waals surface area contributed by atoms with E-state index in [1.807, 2.05) is 18.5 Å². The fourth-order valence-corrected chi connectivity index (χ4v) is 3.23. The summed E-state index contributed by atoms with van der Waals surface area (Å²) in [6, 6.07) is -0.0173. The number of nitrogens with zero attached hydrogens (tertiary/aromatic N) is 2. The van der Waals surface area contributed by atoms with Crippen molar-refractivity contribution in [2.45, 2.75) is 71.7 Å². The Kier molecular flexibility index (Phi) is 5.83. The molecule has 1 aromatic rings. The molecule has 1 aromatic heterocycles. The number of amides is 2. The number of hydrogen-bond acceptors (Lipinski definition) is 3. The lowest BCUT2D eigenvalue weighted by Crippen LogP contribution is -2.49. The second-order valence-corrected chi connectivity index (χ2v) is 5.96. The zero-order chi connectivity index (χ0) is 16.1. The molecule has 0 radical (unpaired) electrons. The van der Waals surface area contributed by atoms with Crippen molar-refractivity contribution in [2.75, 3.05) is 7.11 Å². The van der Waals surface area contributed by atoms with Gasteiger partial charge in [-0.1, -0.05) is 12.8 Å². The van der Waals surface area contributed by atoms with Crippen LogP contribution in [0.15, 0.2) is 0 Å². The molecular formula is C16H28N4O2. The summed E-state index contributed by atoms with van der Waals surface area (Å²) in [5.74, 6) is 0. The van der Waals surface area contributed by atoms with Crippen molar-refractivity contribution < 1.29 is 9.53 Å². The van der Waals surface area contributed by atoms with Crippen molar-refractivity contribution in [2.24, 2.45) is 0 Å². The molecular weight excluding hydrogens is 280 g/mol. The fraction of sp³-hybridized carbons (Fsp3) is 0.750. The van der Waals surface area contributed by atoms with Gasteiger partial charge in [0.15, 0.2) is 0 Å².